The zero-order valence-electron chi connectivity index (χ0n) is 22.0. The van der Waals surface area contributed by atoms with Crippen LogP contribution in [0.15, 0.2) is 46.4 Å². The molecule has 0 bridgehead atoms. The summed E-state index contributed by atoms with van der Waals surface area (Å²) in [5, 5.41) is 8.63. The topological polar surface area (TPSA) is 157 Å². The largest absolute Gasteiger partial charge is 0.394 e. The molecule has 2 aromatic heterocycles. The van der Waals surface area contributed by atoms with Crippen molar-refractivity contribution in [2.24, 2.45) is 12.2 Å². The fourth-order valence-corrected chi connectivity index (χ4v) is 4.93. The SMILES string of the molecule is CCON=C(c1ccc(S(=O)(=O)N(C)C(C)=O)c(-c2nc(-c3ccccc3Cl)nn2C)n1)N(C(C)=O)C(C)=O. The first-order valence-corrected chi connectivity index (χ1v) is 13.3. The van der Waals surface area contributed by atoms with Crippen molar-refractivity contribution in [3.8, 4) is 22.9 Å². The number of carbonyl (C=O) groups excluding carboxylic acids is 3. The van der Waals surface area contributed by atoms with Gasteiger partial charge in [-0.05, 0) is 31.2 Å². The van der Waals surface area contributed by atoms with Crippen molar-refractivity contribution in [3.63, 3.8) is 0 Å². The highest BCUT2D eigenvalue weighted by Gasteiger charge is 2.32. The number of hydrogen-bond donors (Lipinski definition) is 0. The highest BCUT2D eigenvalue weighted by molar-refractivity contribution is 7.89. The van der Waals surface area contributed by atoms with E-state index in [9.17, 15) is 22.8 Å². The zero-order valence-corrected chi connectivity index (χ0v) is 23.6. The Balaban J connectivity index is 2.37. The molecule has 0 fully saturated rings. The molecule has 0 radical (unpaired) electrons. The second kappa shape index (κ2) is 11.7. The second-order valence-corrected chi connectivity index (χ2v) is 10.4. The van der Waals surface area contributed by atoms with Crippen molar-refractivity contribution in [2.75, 3.05) is 13.7 Å². The summed E-state index contributed by atoms with van der Waals surface area (Å²) in [6.45, 7) is 5.17. The van der Waals surface area contributed by atoms with Gasteiger partial charge in [-0.25, -0.2) is 32.3 Å². The van der Waals surface area contributed by atoms with Crippen molar-refractivity contribution >= 4 is 45.2 Å². The van der Waals surface area contributed by atoms with E-state index in [4.69, 9.17) is 16.4 Å². The molecule has 0 N–H and O–H groups in total. The lowest BCUT2D eigenvalue weighted by atomic mass is 10.2. The van der Waals surface area contributed by atoms with Crippen LogP contribution in [0.2, 0.25) is 5.02 Å². The van der Waals surface area contributed by atoms with Gasteiger partial charge in [0.05, 0.1) is 5.02 Å². The molecule has 0 aliphatic heterocycles. The number of carbonyl (C=O) groups is 3. The van der Waals surface area contributed by atoms with Crippen molar-refractivity contribution in [3.05, 3.63) is 47.1 Å². The van der Waals surface area contributed by atoms with Crippen LogP contribution in [-0.2, 0) is 36.3 Å². The molecule has 0 aliphatic rings. The molecule has 0 atom stereocenters. The van der Waals surface area contributed by atoms with Crippen LogP contribution in [0.4, 0.5) is 0 Å². The lowest BCUT2D eigenvalue weighted by molar-refractivity contribution is -0.137. The van der Waals surface area contributed by atoms with E-state index in [-0.39, 0.29) is 40.4 Å². The number of rotatable bonds is 7. The number of benzene rings is 1. The van der Waals surface area contributed by atoms with Crippen LogP contribution in [0.5, 0.6) is 0 Å². The average molecular weight is 576 g/mol. The quantitative estimate of drug-likeness (QED) is 0.234. The number of imide groups is 1. The molecular formula is C24H26ClN7O6S. The smallest absolute Gasteiger partial charge is 0.268 e. The number of aromatic nitrogens is 4. The van der Waals surface area contributed by atoms with Gasteiger partial charge in [0, 0.05) is 40.4 Å². The van der Waals surface area contributed by atoms with Gasteiger partial charge in [-0.15, -0.1) is 0 Å². The lowest BCUT2D eigenvalue weighted by Crippen LogP contribution is -2.40. The molecule has 3 amide bonds. The summed E-state index contributed by atoms with van der Waals surface area (Å²) in [7, 11) is -1.78. The molecule has 13 nitrogen and oxygen atoms in total. The molecule has 0 unspecified atom stereocenters. The Labute approximate surface area is 230 Å². The summed E-state index contributed by atoms with van der Waals surface area (Å²) in [4.78, 5) is 51.1. The van der Waals surface area contributed by atoms with Crippen molar-refractivity contribution in [2.45, 2.75) is 32.6 Å². The van der Waals surface area contributed by atoms with Gasteiger partial charge < -0.3 is 4.84 Å². The summed E-state index contributed by atoms with van der Waals surface area (Å²) >= 11 is 6.31. The number of aryl methyl sites for hydroxylation is 1. The summed E-state index contributed by atoms with van der Waals surface area (Å²) in [6.07, 6.45) is 0. The van der Waals surface area contributed by atoms with E-state index in [1.807, 2.05) is 0 Å². The predicted molar refractivity (Wildman–Crippen MR) is 142 cm³/mol. The molecule has 39 heavy (non-hydrogen) atoms. The van der Waals surface area contributed by atoms with Crippen LogP contribution in [0.3, 0.4) is 0 Å². The minimum absolute atomic E-state index is 0.00439. The average Bonchev–Trinajstić information content (AvgIpc) is 3.26. The summed E-state index contributed by atoms with van der Waals surface area (Å²) in [5.41, 5.74) is 0.195. The van der Waals surface area contributed by atoms with Crippen LogP contribution >= 0.6 is 11.6 Å². The predicted octanol–water partition coefficient (Wildman–Crippen LogP) is 2.46. The van der Waals surface area contributed by atoms with Gasteiger partial charge in [0.15, 0.2) is 11.6 Å². The van der Waals surface area contributed by atoms with Crippen LogP contribution < -0.4 is 0 Å². The summed E-state index contributed by atoms with van der Waals surface area (Å²) < 4.78 is 28.7. The lowest BCUT2D eigenvalue weighted by Gasteiger charge is -2.20. The van der Waals surface area contributed by atoms with Crippen molar-refractivity contribution in [1.29, 1.82) is 0 Å². The fraction of sp³-hybridized carbons (Fsp3) is 0.292. The van der Waals surface area contributed by atoms with Gasteiger partial charge >= 0.3 is 0 Å². The first kappa shape index (κ1) is 29.4. The van der Waals surface area contributed by atoms with E-state index in [1.165, 1.54) is 23.9 Å². The maximum atomic E-state index is 13.4. The van der Waals surface area contributed by atoms with Gasteiger partial charge in [-0.2, -0.15) is 5.10 Å². The van der Waals surface area contributed by atoms with E-state index in [0.29, 0.717) is 14.9 Å². The van der Waals surface area contributed by atoms with Gasteiger partial charge in [0.25, 0.3) is 10.0 Å². The molecule has 2 heterocycles. The first-order valence-electron chi connectivity index (χ1n) is 11.5. The first-order chi connectivity index (χ1) is 18.3. The Bertz CT molecular complexity index is 1570. The Morgan fingerprint density at radius 1 is 1.03 bits per heavy atom. The number of pyridine rings is 1. The monoisotopic (exact) mass is 575 g/mol. The molecular weight excluding hydrogens is 550 g/mol. The van der Waals surface area contributed by atoms with Gasteiger partial charge in [0.1, 0.15) is 22.9 Å². The number of halogens is 1. The van der Waals surface area contributed by atoms with Crippen LogP contribution in [-0.4, -0.2) is 74.6 Å². The maximum absolute atomic E-state index is 13.4. The van der Waals surface area contributed by atoms with Crippen molar-refractivity contribution in [1.82, 2.24) is 29.0 Å². The molecule has 0 saturated carbocycles. The zero-order chi connectivity index (χ0) is 29.1. The van der Waals surface area contributed by atoms with Gasteiger partial charge in [-0.3, -0.25) is 14.4 Å². The highest BCUT2D eigenvalue weighted by Crippen LogP contribution is 2.31. The second-order valence-electron chi connectivity index (χ2n) is 8.10. The Kier molecular flexibility index (Phi) is 8.81. The Morgan fingerprint density at radius 2 is 1.67 bits per heavy atom. The van der Waals surface area contributed by atoms with Gasteiger partial charge in [0.2, 0.25) is 23.6 Å². The van der Waals surface area contributed by atoms with Crippen LogP contribution in [0.1, 0.15) is 33.4 Å². The summed E-state index contributed by atoms with van der Waals surface area (Å²) in [5.74, 6) is -2.16. The van der Waals surface area contributed by atoms with Crippen LogP contribution in [0, 0.1) is 0 Å². The molecule has 0 spiro atoms. The van der Waals surface area contributed by atoms with E-state index in [0.717, 1.165) is 32.7 Å². The number of hydrogen-bond acceptors (Lipinski definition) is 10. The number of amidine groups is 1. The molecule has 3 rings (SSSR count). The number of nitrogens with zero attached hydrogens (tertiary/aromatic N) is 7. The number of amides is 3. The molecule has 206 valence electrons. The third-order valence-electron chi connectivity index (χ3n) is 5.38. The van der Waals surface area contributed by atoms with Crippen molar-refractivity contribution < 1.29 is 27.6 Å². The van der Waals surface area contributed by atoms with Gasteiger partial charge in [-0.1, -0.05) is 28.9 Å². The normalized spacial score (nSPS) is 11.7. The fourth-order valence-electron chi connectivity index (χ4n) is 3.45. The molecule has 15 heteroatoms. The molecule has 0 saturated heterocycles. The van der Waals surface area contributed by atoms with E-state index < -0.39 is 27.7 Å². The number of sulfonamides is 1. The van der Waals surface area contributed by atoms with E-state index in [1.54, 1.807) is 31.2 Å². The molecule has 0 aliphatic carbocycles. The maximum Gasteiger partial charge on any atom is 0.268 e. The number of oxime groups is 1. The molecule has 3 aromatic rings. The third-order valence-corrected chi connectivity index (χ3v) is 7.57. The van der Waals surface area contributed by atoms with Crippen LogP contribution in [0.25, 0.3) is 22.9 Å². The Hall–Kier alpha value is -4.17. The Morgan fingerprint density at radius 3 is 2.23 bits per heavy atom. The van der Waals surface area contributed by atoms with E-state index >= 15 is 0 Å². The minimum atomic E-state index is -4.41. The van der Waals surface area contributed by atoms with E-state index in [2.05, 4.69) is 20.2 Å². The third kappa shape index (κ3) is 5.96. The standard InChI is InChI=1S/C24H26ClN7O6S/c1-7-38-29-23(32(15(3)34)16(4)35)19-12-13-20(39(36,37)31(6)14(2)33)21(26-19)24-27-22(28-30(24)5)17-10-8-9-11-18(17)25/h8-13H,7H2,1-6H3. The summed E-state index contributed by atoms with van der Waals surface area (Å²) in [6, 6.07) is 9.23. The minimum Gasteiger partial charge on any atom is -0.394 e. The highest BCUT2D eigenvalue weighted by atomic mass is 35.5. The molecule has 1 aromatic carbocycles.